The van der Waals surface area contributed by atoms with Crippen LogP contribution in [0.15, 0.2) is 18.5 Å². The van der Waals surface area contributed by atoms with Crippen molar-refractivity contribution in [3.63, 3.8) is 0 Å². The molecule has 3 heterocycles. The summed E-state index contributed by atoms with van der Waals surface area (Å²) in [6.45, 7) is 4.61. The first-order chi connectivity index (χ1) is 11.7. The number of amides is 1. The highest BCUT2D eigenvalue weighted by Crippen LogP contribution is 2.44. The van der Waals surface area contributed by atoms with Gasteiger partial charge in [-0.25, -0.2) is 9.97 Å². The van der Waals surface area contributed by atoms with E-state index in [9.17, 15) is 9.90 Å². The van der Waals surface area contributed by atoms with Crippen molar-refractivity contribution in [2.24, 2.45) is 0 Å². The van der Waals surface area contributed by atoms with Crippen LogP contribution in [-0.2, 0) is 4.79 Å². The quantitative estimate of drug-likeness (QED) is 0.845. The second kappa shape index (κ2) is 6.29. The topological polar surface area (TPSA) is 72.8 Å². The minimum atomic E-state index is -0.588. The van der Waals surface area contributed by atoms with Crippen LogP contribution in [0.5, 0.6) is 0 Å². The molecule has 3 fully saturated rings. The molecular formula is C17H25N5O2. The van der Waals surface area contributed by atoms with Crippen LogP contribution in [0.1, 0.15) is 25.7 Å². The highest BCUT2D eigenvalue weighted by Gasteiger charge is 2.52. The molecule has 1 aromatic heterocycles. The predicted octanol–water partition coefficient (Wildman–Crippen LogP) is 0.115. The summed E-state index contributed by atoms with van der Waals surface area (Å²) >= 11 is 0. The highest BCUT2D eigenvalue weighted by atomic mass is 16.3. The zero-order chi connectivity index (χ0) is 16.6. The van der Waals surface area contributed by atoms with Crippen molar-refractivity contribution < 1.29 is 9.90 Å². The molecule has 1 saturated carbocycles. The van der Waals surface area contributed by atoms with Gasteiger partial charge in [0, 0.05) is 45.1 Å². The maximum Gasteiger partial charge on any atom is 0.237 e. The van der Waals surface area contributed by atoms with Gasteiger partial charge in [0.15, 0.2) is 0 Å². The van der Waals surface area contributed by atoms with Crippen molar-refractivity contribution in [3.8, 4) is 0 Å². The maximum atomic E-state index is 12.7. The lowest BCUT2D eigenvalue weighted by molar-refractivity contribution is -0.136. The third-order valence-corrected chi connectivity index (χ3v) is 5.52. The minimum Gasteiger partial charge on any atom is -0.388 e. The number of hydrogen-bond donors (Lipinski definition) is 1. The molecule has 24 heavy (non-hydrogen) atoms. The van der Waals surface area contributed by atoms with E-state index in [-0.39, 0.29) is 11.9 Å². The van der Waals surface area contributed by atoms with Crippen LogP contribution >= 0.6 is 0 Å². The van der Waals surface area contributed by atoms with Crippen molar-refractivity contribution >= 4 is 11.9 Å². The molecule has 2 aliphatic heterocycles. The molecule has 0 radical (unpaired) electrons. The van der Waals surface area contributed by atoms with Crippen molar-refractivity contribution in [2.45, 2.75) is 37.3 Å². The number of piperazine rings is 1. The van der Waals surface area contributed by atoms with Crippen LogP contribution in [0.2, 0.25) is 0 Å². The standard InChI is InChI=1S/C17H25N5O2/c23-15(22-8-1-3-14(22)17(24)4-5-17)13-20-9-11-21(12-10-20)16-18-6-2-7-19-16/h2,6-7,14,24H,1,3-5,8-13H2. The Hall–Kier alpha value is -1.73. The zero-order valence-electron chi connectivity index (χ0n) is 14.0. The first-order valence-electron chi connectivity index (χ1n) is 8.92. The monoisotopic (exact) mass is 331 g/mol. The number of carbonyl (C=O) groups excluding carboxylic acids is 1. The molecule has 1 aliphatic carbocycles. The van der Waals surface area contributed by atoms with Gasteiger partial charge in [0.25, 0.3) is 0 Å². The molecule has 4 rings (SSSR count). The van der Waals surface area contributed by atoms with Crippen molar-refractivity contribution in [1.82, 2.24) is 19.8 Å². The average molecular weight is 331 g/mol. The van der Waals surface area contributed by atoms with Crippen LogP contribution in [0, 0.1) is 0 Å². The number of likely N-dealkylation sites (tertiary alicyclic amines) is 1. The minimum absolute atomic E-state index is 0.0454. The van der Waals surface area contributed by atoms with Crippen LogP contribution < -0.4 is 4.90 Å². The Labute approximate surface area is 142 Å². The van der Waals surface area contributed by atoms with Gasteiger partial charge in [0.05, 0.1) is 18.2 Å². The van der Waals surface area contributed by atoms with Crippen molar-refractivity contribution in [1.29, 1.82) is 0 Å². The summed E-state index contributed by atoms with van der Waals surface area (Å²) in [5, 5.41) is 10.4. The van der Waals surface area contributed by atoms with Gasteiger partial charge in [0.1, 0.15) is 0 Å². The number of anilines is 1. The number of rotatable bonds is 4. The van der Waals surface area contributed by atoms with E-state index in [2.05, 4.69) is 19.8 Å². The van der Waals surface area contributed by atoms with E-state index < -0.39 is 5.60 Å². The molecule has 1 unspecified atom stereocenters. The molecular weight excluding hydrogens is 306 g/mol. The van der Waals surface area contributed by atoms with Gasteiger partial charge in [-0.05, 0) is 31.7 Å². The summed E-state index contributed by atoms with van der Waals surface area (Å²) in [6.07, 6.45) is 7.16. The zero-order valence-corrected chi connectivity index (χ0v) is 14.0. The summed E-state index contributed by atoms with van der Waals surface area (Å²) in [6, 6.07) is 1.86. The Kier molecular flexibility index (Phi) is 4.14. The summed E-state index contributed by atoms with van der Waals surface area (Å²) in [7, 11) is 0. The smallest absolute Gasteiger partial charge is 0.237 e. The molecule has 1 atom stereocenters. The normalized spacial score (nSPS) is 26.6. The van der Waals surface area contributed by atoms with E-state index in [4.69, 9.17) is 0 Å². The molecule has 2 saturated heterocycles. The average Bonchev–Trinajstić information content (AvgIpc) is 3.16. The summed E-state index contributed by atoms with van der Waals surface area (Å²) in [4.78, 5) is 27.6. The SMILES string of the molecule is O=C(CN1CCN(c2ncccn2)CC1)N1CCCC1C1(O)CC1. The predicted molar refractivity (Wildman–Crippen MR) is 89.6 cm³/mol. The van der Waals surface area contributed by atoms with Crippen LogP contribution in [0.4, 0.5) is 5.95 Å². The van der Waals surface area contributed by atoms with Gasteiger partial charge >= 0.3 is 0 Å². The Bertz CT molecular complexity index is 584. The molecule has 0 spiro atoms. The number of hydrogen-bond acceptors (Lipinski definition) is 6. The fraction of sp³-hybridized carbons (Fsp3) is 0.706. The fourth-order valence-corrected chi connectivity index (χ4v) is 3.93. The first-order valence-corrected chi connectivity index (χ1v) is 8.92. The molecule has 0 aromatic carbocycles. The van der Waals surface area contributed by atoms with Gasteiger partial charge in [-0.15, -0.1) is 0 Å². The third-order valence-electron chi connectivity index (χ3n) is 5.52. The Morgan fingerprint density at radius 1 is 1.17 bits per heavy atom. The summed E-state index contributed by atoms with van der Waals surface area (Å²) < 4.78 is 0. The van der Waals surface area contributed by atoms with Crippen molar-refractivity contribution in [2.75, 3.05) is 44.2 Å². The molecule has 0 bridgehead atoms. The number of aromatic nitrogens is 2. The Balaban J connectivity index is 1.30. The molecule has 1 N–H and O–H groups in total. The number of nitrogens with zero attached hydrogens (tertiary/aromatic N) is 5. The third kappa shape index (κ3) is 3.10. The molecule has 1 aromatic rings. The van der Waals surface area contributed by atoms with E-state index in [1.54, 1.807) is 12.4 Å². The lowest BCUT2D eigenvalue weighted by atomic mass is 10.1. The van der Waals surface area contributed by atoms with Crippen LogP contribution in [0.25, 0.3) is 0 Å². The molecule has 130 valence electrons. The van der Waals surface area contributed by atoms with Gasteiger partial charge in [-0.1, -0.05) is 0 Å². The highest BCUT2D eigenvalue weighted by molar-refractivity contribution is 5.79. The lowest BCUT2D eigenvalue weighted by Crippen LogP contribution is -2.52. The van der Waals surface area contributed by atoms with E-state index in [0.717, 1.165) is 64.4 Å². The number of carbonyl (C=O) groups is 1. The van der Waals surface area contributed by atoms with Gasteiger partial charge in [0.2, 0.25) is 11.9 Å². The molecule has 1 amide bonds. The first kappa shape index (κ1) is 15.8. The van der Waals surface area contributed by atoms with Gasteiger partial charge in [-0.2, -0.15) is 0 Å². The largest absolute Gasteiger partial charge is 0.388 e. The van der Waals surface area contributed by atoms with E-state index in [0.29, 0.717) is 6.54 Å². The Morgan fingerprint density at radius 3 is 2.54 bits per heavy atom. The summed E-state index contributed by atoms with van der Waals surface area (Å²) in [5.41, 5.74) is -0.588. The van der Waals surface area contributed by atoms with E-state index in [1.807, 2.05) is 11.0 Å². The second-order valence-electron chi connectivity index (χ2n) is 7.16. The maximum absolute atomic E-state index is 12.7. The fourth-order valence-electron chi connectivity index (χ4n) is 3.93. The summed E-state index contributed by atoms with van der Waals surface area (Å²) in [5.74, 6) is 0.932. The molecule has 7 heteroatoms. The van der Waals surface area contributed by atoms with E-state index in [1.165, 1.54) is 0 Å². The van der Waals surface area contributed by atoms with Crippen molar-refractivity contribution in [3.05, 3.63) is 18.5 Å². The molecule has 7 nitrogen and oxygen atoms in total. The van der Waals surface area contributed by atoms with Gasteiger partial charge < -0.3 is 14.9 Å². The van der Waals surface area contributed by atoms with Crippen LogP contribution in [0.3, 0.4) is 0 Å². The lowest BCUT2D eigenvalue weighted by Gasteiger charge is -2.36. The van der Waals surface area contributed by atoms with E-state index >= 15 is 0 Å². The van der Waals surface area contributed by atoms with Crippen LogP contribution in [-0.4, -0.2) is 81.7 Å². The van der Waals surface area contributed by atoms with Gasteiger partial charge in [-0.3, -0.25) is 9.69 Å². The second-order valence-corrected chi connectivity index (χ2v) is 7.16. The molecule has 3 aliphatic rings. The number of aliphatic hydroxyl groups is 1. The Morgan fingerprint density at radius 2 is 1.88 bits per heavy atom.